The minimum atomic E-state index is 0.528. The Morgan fingerprint density at radius 2 is 1.93 bits per heavy atom. The van der Waals surface area contributed by atoms with E-state index in [1.165, 1.54) is 11.8 Å². The van der Waals surface area contributed by atoms with E-state index in [2.05, 4.69) is 9.97 Å². The van der Waals surface area contributed by atoms with Crippen LogP contribution in [0.2, 0.25) is 0 Å². The van der Waals surface area contributed by atoms with Crippen LogP contribution in [0.5, 0.6) is 0 Å². The van der Waals surface area contributed by atoms with Crippen LogP contribution < -0.4 is 5.73 Å². The van der Waals surface area contributed by atoms with Crippen molar-refractivity contribution in [1.82, 2.24) is 9.97 Å². The molecule has 0 aliphatic carbocycles. The molecule has 15 heavy (non-hydrogen) atoms. The van der Waals surface area contributed by atoms with Crippen LogP contribution in [0.25, 0.3) is 11.1 Å². The van der Waals surface area contributed by atoms with Crippen LogP contribution in [0, 0.1) is 0 Å². The van der Waals surface area contributed by atoms with E-state index in [9.17, 15) is 0 Å². The number of hydrogen-bond donors (Lipinski definition) is 1. The zero-order valence-corrected chi connectivity index (χ0v) is 9.16. The van der Waals surface area contributed by atoms with E-state index in [0.29, 0.717) is 11.0 Å². The highest BCUT2D eigenvalue weighted by Crippen LogP contribution is 2.24. The number of benzene rings is 1. The molecule has 0 saturated heterocycles. The predicted octanol–water partition coefficient (Wildman–Crippen LogP) is 2.45. The molecule has 3 nitrogen and oxygen atoms in total. The van der Waals surface area contributed by atoms with Crippen molar-refractivity contribution in [2.24, 2.45) is 0 Å². The zero-order chi connectivity index (χ0) is 10.7. The standard InChI is InChI=1S/C11H11N3S/c1-15-11-13-7-9(10(12)14-11)8-5-3-2-4-6-8/h2-7H,1H3,(H2,12,13,14). The lowest BCUT2D eigenvalue weighted by Crippen LogP contribution is -1.97. The van der Waals surface area contributed by atoms with Crippen molar-refractivity contribution >= 4 is 17.6 Å². The highest BCUT2D eigenvalue weighted by atomic mass is 32.2. The molecule has 0 bridgehead atoms. The monoisotopic (exact) mass is 217 g/mol. The summed E-state index contributed by atoms with van der Waals surface area (Å²) in [6, 6.07) is 9.90. The molecule has 0 aliphatic heterocycles. The third-order valence-electron chi connectivity index (χ3n) is 2.06. The average Bonchev–Trinajstić information content (AvgIpc) is 2.30. The summed E-state index contributed by atoms with van der Waals surface area (Å²) in [6.07, 6.45) is 3.69. The van der Waals surface area contributed by atoms with Gasteiger partial charge in [0.2, 0.25) is 0 Å². The zero-order valence-electron chi connectivity index (χ0n) is 8.34. The van der Waals surface area contributed by atoms with Crippen LogP contribution in [0.4, 0.5) is 5.82 Å². The van der Waals surface area contributed by atoms with Gasteiger partial charge in [-0.3, -0.25) is 0 Å². The Morgan fingerprint density at radius 3 is 2.53 bits per heavy atom. The van der Waals surface area contributed by atoms with Crippen molar-refractivity contribution in [2.75, 3.05) is 12.0 Å². The van der Waals surface area contributed by atoms with Crippen LogP contribution in [0.1, 0.15) is 0 Å². The molecule has 1 heterocycles. The second-order valence-electron chi connectivity index (χ2n) is 3.02. The van der Waals surface area contributed by atoms with Crippen molar-refractivity contribution in [3.8, 4) is 11.1 Å². The molecular weight excluding hydrogens is 206 g/mol. The van der Waals surface area contributed by atoms with Gasteiger partial charge >= 0.3 is 0 Å². The number of nitrogens with zero attached hydrogens (tertiary/aromatic N) is 2. The minimum absolute atomic E-state index is 0.528. The highest BCUT2D eigenvalue weighted by Gasteiger charge is 2.04. The summed E-state index contributed by atoms with van der Waals surface area (Å²) < 4.78 is 0. The van der Waals surface area contributed by atoms with Gasteiger partial charge in [-0.05, 0) is 11.8 Å². The van der Waals surface area contributed by atoms with Gasteiger partial charge in [0.25, 0.3) is 0 Å². The van der Waals surface area contributed by atoms with E-state index in [1.807, 2.05) is 36.6 Å². The fraction of sp³-hybridized carbons (Fsp3) is 0.0909. The molecule has 0 amide bonds. The van der Waals surface area contributed by atoms with Crippen LogP contribution >= 0.6 is 11.8 Å². The molecule has 0 radical (unpaired) electrons. The fourth-order valence-corrected chi connectivity index (χ4v) is 1.66. The summed E-state index contributed by atoms with van der Waals surface area (Å²) >= 11 is 1.48. The minimum Gasteiger partial charge on any atom is -0.383 e. The van der Waals surface area contributed by atoms with Crippen molar-refractivity contribution in [3.05, 3.63) is 36.5 Å². The van der Waals surface area contributed by atoms with Gasteiger partial charge in [-0.1, -0.05) is 42.1 Å². The Bertz CT molecular complexity index is 457. The molecule has 76 valence electrons. The van der Waals surface area contributed by atoms with Crippen molar-refractivity contribution in [3.63, 3.8) is 0 Å². The summed E-state index contributed by atoms with van der Waals surface area (Å²) in [4.78, 5) is 8.40. The first-order valence-electron chi connectivity index (χ1n) is 4.53. The summed E-state index contributed by atoms with van der Waals surface area (Å²) in [5.74, 6) is 0.528. The quantitative estimate of drug-likeness (QED) is 0.620. The van der Waals surface area contributed by atoms with Crippen LogP contribution in [0.15, 0.2) is 41.7 Å². The van der Waals surface area contributed by atoms with Gasteiger partial charge in [0, 0.05) is 11.8 Å². The van der Waals surface area contributed by atoms with Crippen molar-refractivity contribution in [1.29, 1.82) is 0 Å². The highest BCUT2D eigenvalue weighted by molar-refractivity contribution is 7.98. The second kappa shape index (κ2) is 4.31. The van der Waals surface area contributed by atoms with Crippen molar-refractivity contribution in [2.45, 2.75) is 5.16 Å². The number of nitrogen functional groups attached to an aromatic ring is 1. The lowest BCUT2D eigenvalue weighted by molar-refractivity contribution is 0.982. The maximum atomic E-state index is 5.86. The molecule has 2 N–H and O–H groups in total. The van der Waals surface area contributed by atoms with Gasteiger partial charge in [0.05, 0.1) is 0 Å². The predicted molar refractivity (Wildman–Crippen MR) is 63.7 cm³/mol. The molecule has 0 aliphatic rings. The number of hydrogen-bond acceptors (Lipinski definition) is 4. The summed E-state index contributed by atoms with van der Waals surface area (Å²) in [7, 11) is 0. The molecule has 0 saturated carbocycles. The first-order valence-corrected chi connectivity index (χ1v) is 5.75. The van der Waals surface area contributed by atoms with E-state index < -0.39 is 0 Å². The molecule has 2 rings (SSSR count). The Balaban J connectivity index is 2.46. The smallest absolute Gasteiger partial charge is 0.189 e. The van der Waals surface area contributed by atoms with E-state index in [0.717, 1.165) is 11.1 Å². The SMILES string of the molecule is CSc1ncc(-c2ccccc2)c(N)n1. The number of aromatic nitrogens is 2. The van der Waals surface area contributed by atoms with Gasteiger partial charge in [0.1, 0.15) is 5.82 Å². The summed E-state index contributed by atoms with van der Waals surface area (Å²) in [6.45, 7) is 0. The van der Waals surface area contributed by atoms with Crippen LogP contribution in [0.3, 0.4) is 0 Å². The number of nitrogens with two attached hydrogens (primary N) is 1. The first-order chi connectivity index (χ1) is 7.31. The third-order valence-corrected chi connectivity index (χ3v) is 2.63. The first kappa shape index (κ1) is 9.98. The maximum absolute atomic E-state index is 5.86. The molecule has 4 heteroatoms. The molecule has 1 aromatic heterocycles. The molecule has 0 unspecified atom stereocenters. The summed E-state index contributed by atoms with van der Waals surface area (Å²) in [5.41, 5.74) is 7.79. The van der Waals surface area contributed by atoms with Crippen molar-refractivity contribution < 1.29 is 0 Å². The summed E-state index contributed by atoms with van der Waals surface area (Å²) in [5, 5.41) is 0.701. The third kappa shape index (κ3) is 2.10. The topological polar surface area (TPSA) is 51.8 Å². The van der Waals surface area contributed by atoms with E-state index in [1.54, 1.807) is 6.20 Å². The fourth-order valence-electron chi connectivity index (χ4n) is 1.32. The van der Waals surface area contributed by atoms with Gasteiger partial charge in [-0.25, -0.2) is 9.97 Å². The Kier molecular flexibility index (Phi) is 2.87. The lowest BCUT2D eigenvalue weighted by Gasteiger charge is -2.04. The van der Waals surface area contributed by atoms with Gasteiger partial charge in [0.15, 0.2) is 5.16 Å². The normalized spacial score (nSPS) is 10.2. The number of rotatable bonds is 2. The van der Waals surface area contributed by atoms with Crippen LogP contribution in [-0.2, 0) is 0 Å². The van der Waals surface area contributed by atoms with Gasteiger partial charge in [-0.2, -0.15) is 0 Å². The maximum Gasteiger partial charge on any atom is 0.189 e. The molecule has 0 atom stereocenters. The van der Waals surface area contributed by atoms with E-state index >= 15 is 0 Å². The molecule has 1 aromatic carbocycles. The van der Waals surface area contributed by atoms with E-state index in [-0.39, 0.29) is 0 Å². The van der Waals surface area contributed by atoms with Gasteiger partial charge in [-0.15, -0.1) is 0 Å². The van der Waals surface area contributed by atoms with Crippen LogP contribution in [-0.4, -0.2) is 16.2 Å². The molecule has 0 spiro atoms. The van der Waals surface area contributed by atoms with E-state index in [4.69, 9.17) is 5.73 Å². The number of thioether (sulfide) groups is 1. The molecular formula is C11H11N3S. The largest absolute Gasteiger partial charge is 0.383 e. The number of anilines is 1. The Labute approximate surface area is 92.8 Å². The Hall–Kier alpha value is -1.55. The Morgan fingerprint density at radius 1 is 1.20 bits per heavy atom. The second-order valence-corrected chi connectivity index (χ2v) is 3.80. The molecule has 2 aromatic rings. The lowest BCUT2D eigenvalue weighted by atomic mass is 10.1. The molecule has 0 fully saturated rings. The van der Waals surface area contributed by atoms with Gasteiger partial charge < -0.3 is 5.73 Å². The average molecular weight is 217 g/mol.